The fraction of sp³-hybridized carbons (Fsp3) is 0.375. The van der Waals surface area contributed by atoms with Crippen molar-refractivity contribution in [2.45, 2.75) is 12.2 Å². The van der Waals surface area contributed by atoms with E-state index in [1.54, 1.807) is 17.4 Å². The van der Waals surface area contributed by atoms with Crippen LogP contribution in [0.3, 0.4) is 0 Å². The number of benzene rings is 1. The molecule has 2 nitrogen and oxygen atoms in total. The van der Waals surface area contributed by atoms with Gasteiger partial charge in [-0.1, -0.05) is 17.7 Å². The van der Waals surface area contributed by atoms with Gasteiger partial charge in [0.2, 0.25) is 0 Å². The molecule has 0 saturated carbocycles. The standard InChI is InChI=1S/C16H16ClF3N2S/c17-14-2-1-11(9-13(14)16(18,19)20)15(12-3-8-23-10-12)22-6-4-21-5-7-22/h1-3,8-10,15,21H,4-7H2. The molecule has 1 saturated heterocycles. The van der Waals surface area contributed by atoms with Crippen LogP contribution >= 0.6 is 22.9 Å². The Morgan fingerprint density at radius 2 is 1.87 bits per heavy atom. The number of halogens is 4. The Bertz CT molecular complexity index is 652. The van der Waals surface area contributed by atoms with E-state index in [1.165, 1.54) is 12.1 Å². The van der Waals surface area contributed by atoms with Gasteiger partial charge in [-0.25, -0.2) is 0 Å². The predicted molar refractivity (Wildman–Crippen MR) is 87.1 cm³/mol. The van der Waals surface area contributed by atoms with Crippen LogP contribution in [0.1, 0.15) is 22.7 Å². The molecule has 1 aromatic heterocycles. The topological polar surface area (TPSA) is 15.3 Å². The molecule has 1 aliphatic heterocycles. The van der Waals surface area contributed by atoms with Gasteiger partial charge in [-0.05, 0) is 40.1 Å². The first kappa shape index (κ1) is 16.8. The molecule has 1 N–H and O–H groups in total. The minimum absolute atomic E-state index is 0.179. The Hall–Kier alpha value is -1.08. The highest BCUT2D eigenvalue weighted by atomic mass is 35.5. The molecule has 0 spiro atoms. The van der Waals surface area contributed by atoms with Crippen LogP contribution in [0.25, 0.3) is 0 Å². The largest absolute Gasteiger partial charge is 0.417 e. The molecule has 1 fully saturated rings. The Labute approximate surface area is 141 Å². The molecular formula is C16H16ClF3N2S. The monoisotopic (exact) mass is 360 g/mol. The van der Waals surface area contributed by atoms with Crippen LogP contribution in [-0.2, 0) is 6.18 Å². The molecule has 0 amide bonds. The number of hydrogen-bond donors (Lipinski definition) is 1. The maximum atomic E-state index is 13.2. The fourth-order valence-corrected chi connectivity index (χ4v) is 3.82. The lowest BCUT2D eigenvalue weighted by Gasteiger charge is -2.35. The second-order valence-electron chi connectivity index (χ2n) is 5.48. The molecule has 1 unspecified atom stereocenters. The normalized spacial score (nSPS) is 18.1. The second kappa shape index (κ2) is 6.81. The lowest BCUT2D eigenvalue weighted by atomic mass is 9.97. The van der Waals surface area contributed by atoms with Crippen LogP contribution < -0.4 is 5.32 Å². The maximum Gasteiger partial charge on any atom is 0.417 e. The summed E-state index contributed by atoms with van der Waals surface area (Å²) >= 11 is 7.30. The van der Waals surface area contributed by atoms with Crippen LogP contribution in [0.2, 0.25) is 5.02 Å². The van der Waals surface area contributed by atoms with E-state index in [0.29, 0.717) is 5.56 Å². The summed E-state index contributed by atoms with van der Waals surface area (Å²) in [7, 11) is 0. The molecular weight excluding hydrogens is 345 g/mol. The molecule has 7 heteroatoms. The van der Waals surface area contributed by atoms with Crippen LogP contribution in [0.4, 0.5) is 13.2 Å². The number of nitrogens with zero attached hydrogens (tertiary/aromatic N) is 1. The zero-order valence-electron chi connectivity index (χ0n) is 12.2. The molecule has 2 heterocycles. The number of piperazine rings is 1. The lowest BCUT2D eigenvalue weighted by Crippen LogP contribution is -2.45. The summed E-state index contributed by atoms with van der Waals surface area (Å²) in [5.41, 5.74) is 0.876. The zero-order valence-corrected chi connectivity index (χ0v) is 13.8. The Kier molecular flexibility index (Phi) is 4.96. The van der Waals surface area contributed by atoms with E-state index in [1.807, 2.05) is 16.8 Å². The molecule has 124 valence electrons. The summed E-state index contributed by atoms with van der Waals surface area (Å²) in [5, 5.41) is 6.96. The van der Waals surface area contributed by atoms with E-state index in [-0.39, 0.29) is 11.1 Å². The van der Waals surface area contributed by atoms with Gasteiger partial charge in [0.15, 0.2) is 0 Å². The third-order valence-corrected chi connectivity index (χ3v) is 5.02. The summed E-state index contributed by atoms with van der Waals surface area (Å²) in [4.78, 5) is 2.21. The first-order valence-corrected chi connectivity index (χ1v) is 8.62. The fourth-order valence-electron chi connectivity index (χ4n) is 2.92. The van der Waals surface area contributed by atoms with Gasteiger partial charge >= 0.3 is 6.18 Å². The molecule has 1 aliphatic rings. The van der Waals surface area contributed by atoms with Crippen LogP contribution in [0.15, 0.2) is 35.0 Å². The lowest BCUT2D eigenvalue weighted by molar-refractivity contribution is -0.137. The predicted octanol–water partition coefficient (Wildman–Crippen LogP) is 4.41. The summed E-state index contributed by atoms with van der Waals surface area (Å²) in [6, 6.07) is 6.02. The van der Waals surface area contributed by atoms with Crippen molar-refractivity contribution >= 4 is 22.9 Å². The minimum atomic E-state index is -4.45. The van der Waals surface area contributed by atoms with Crippen molar-refractivity contribution in [3.8, 4) is 0 Å². The molecule has 0 bridgehead atoms. The van der Waals surface area contributed by atoms with Gasteiger partial charge in [-0.3, -0.25) is 4.90 Å². The van der Waals surface area contributed by atoms with E-state index in [2.05, 4.69) is 10.2 Å². The van der Waals surface area contributed by atoms with E-state index >= 15 is 0 Å². The first-order valence-electron chi connectivity index (χ1n) is 7.30. The molecule has 2 aromatic rings. The Morgan fingerprint density at radius 1 is 1.13 bits per heavy atom. The van der Waals surface area contributed by atoms with Gasteiger partial charge in [-0.15, -0.1) is 0 Å². The number of thiophene rings is 1. The molecule has 0 radical (unpaired) electrons. The van der Waals surface area contributed by atoms with Crippen LogP contribution in [0.5, 0.6) is 0 Å². The van der Waals surface area contributed by atoms with Crippen molar-refractivity contribution in [3.05, 3.63) is 56.7 Å². The highest BCUT2D eigenvalue weighted by molar-refractivity contribution is 7.08. The van der Waals surface area contributed by atoms with Gasteiger partial charge in [0.1, 0.15) is 0 Å². The minimum Gasteiger partial charge on any atom is -0.314 e. The van der Waals surface area contributed by atoms with Gasteiger partial charge in [0.25, 0.3) is 0 Å². The molecule has 1 atom stereocenters. The van der Waals surface area contributed by atoms with Gasteiger partial charge < -0.3 is 5.32 Å². The molecule has 0 aliphatic carbocycles. The smallest absolute Gasteiger partial charge is 0.314 e. The molecule has 1 aromatic carbocycles. The number of rotatable bonds is 3. The molecule has 23 heavy (non-hydrogen) atoms. The van der Waals surface area contributed by atoms with E-state index in [0.717, 1.165) is 31.7 Å². The number of alkyl halides is 3. The van der Waals surface area contributed by atoms with Crippen molar-refractivity contribution in [2.24, 2.45) is 0 Å². The van der Waals surface area contributed by atoms with Crippen molar-refractivity contribution < 1.29 is 13.2 Å². The van der Waals surface area contributed by atoms with Gasteiger partial charge in [0.05, 0.1) is 16.6 Å². The highest BCUT2D eigenvalue weighted by Gasteiger charge is 2.35. The van der Waals surface area contributed by atoms with Crippen molar-refractivity contribution in [1.82, 2.24) is 10.2 Å². The van der Waals surface area contributed by atoms with Gasteiger partial charge in [0, 0.05) is 26.2 Å². The average molecular weight is 361 g/mol. The summed E-state index contributed by atoms with van der Waals surface area (Å²) < 4.78 is 39.5. The Morgan fingerprint density at radius 3 is 2.48 bits per heavy atom. The van der Waals surface area contributed by atoms with E-state index < -0.39 is 11.7 Å². The Balaban J connectivity index is 2.03. The van der Waals surface area contributed by atoms with Crippen molar-refractivity contribution in [1.29, 1.82) is 0 Å². The quantitative estimate of drug-likeness (QED) is 0.872. The summed E-state index contributed by atoms with van der Waals surface area (Å²) in [6.07, 6.45) is -4.45. The maximum absolute atomic E-state index is 13.2. The van der Waals surface area contributed by atoms with E-state index in [9.17, 15) is 13.2 Å². The SMILES string of the molecule is FC(F)(F)c1cc(C(c2ccsc2)N2CCNCC2)ccc1Cl. The average Bonchev–Trinajstić information content (AvgIpc) is 3.03. The van der Waals surface area contributed by atoms with Gasteiger partial charge in [-0.2, -0.15) is 24.5 Å². The highest BCUT2D eigenvalue weighted by Crippen LogP contribution is 2.38. The van der Waals surface area contributed by atoms with Crippen LogP contribution in [-0.4, -0.2) is 31.1 Å². The van der Waals surface area contributed by atoms with Crippen molar-refractivity contribution in [2.75, 3.05) is 26.2 Å². The third kappa shape index (κ3) is 3.71. The third-order valence-electron chi connectivity index (χ3n) is 3.99. The summed E-state index contributed by atoms with van der Waals surface area (Å²) in [6.45, 7) is 3.26. The van der Waals surface area contributed by atoms with Crippen LogP contribution in [0, 0.1) is 0 Å². The number of hydrogen-bond acceptors (Lipinski definition) is 3. The van der Waals surface area contributed by atoms with Crippen molar-refractivity contribution in [3.63, 3.8) is 0 Å². The molecule has 3 rings (SSSR count). The second-order valence-corrected chi connectivity index (χ2v) is 6.67. The zero-order chi connectivity index (χ0) is 16.4. The summed E-state index contributed by atoms with van der Waals surface area (Å²) in [5.74, 6) is 0. The first-order chi connectivity index (χ1) is 11.0. The van der Waals surface area contributed by atoms with E-state index in [4.69, 9.17) is 11.6 Å². The number of nitrogens with one attached hydrogen (secondary N) is 1.